The molecule has 3 aromatic rings. The molecule has 0 saturated heterocycles. The molecule has 0 N–H and O–H groups in total. The smallest absolute Gasteiger partial charge is 0.0961 e. The molecule has 3 rings (SSSR count). The first-order chi connectivity index (χ1) is 10.3. The highest BCUT2D eigenvalue weighted by atomic mass is 15.1. The van der Waals surface area contributed by atoms with Crippen molar-refractivity contribution in [3.8, 4) is 11.3 Å². The van der Waals surface area contributed by atoms with Gasteiger partial charge in [-0.3, -0.25) is 4.98 Å². The summed E-state index contributed by atoms with van der Waals surface area (Å²) >= 11 is 0. The average Bonchev–Trinajstić information content (AvgIpc) is 2.92. The molecular formula is C18H19N3. The van der Waals surface area contributed by atoms with Crippen LogP contribution in [0.2, 0.25) is 0 Å². The van der Waals surface area contributed by atoms with Gasteiger partial charge in [-0.1, -0.05) is 37.3 Å². The normalized spacial score (nSPS) is 12.3. The van der Waals surface area contributed by atoms with Crippen LogP contribution in [-0.4, -0.2) is 14.5 Å². The molecule has 2 aromatic heterocycles. The number of rotatable bonds is 4. The van der Waals surface area contributed by atoms with E-state index in [2.05, 4.69) is 52.6 Å². The molecule has 0 amide bonds. The van der Waals surface area contributed by atoms with Gasteiger partial charge in [-0.2, -0.15) is 0 Å². The highest BCUT2D eigenvalue weighted by Gasteiger charge is 2.16. The summed E-state index contributed by atoms with van der Waals surface area (Å²) in [4.78, 5) is 8.73. The quantitative estimate of drug-likeness (QED) is 0.713. The molecule has 0 spiro atoms. The van der Waals surface area contributed by atoms with E-state index < -0.39 is 0 Å². The number of aromatic nitrogens is 3. The van der Waals surface area contributed by atoms with Gasteiger partial charge in [0.25, 0.3) is 0 Å². The van der Waals surface area contributed by atoms with Crippen molar-refractivity contribution in [1.29, 1.82) is 0 Å². The summed E-state index contributed by atoms with van der Waals surface area (Å²) in [5.41, 5.74) is 4.69. The molecular weight excluding hydrogens is 258 g/mol. The van der Waals surface area contributed by atoms with Crippen LogP contribution in [0.4, 0.5) is 0 Å². The molecule has 3 heteroatoms. The van der Waals surface area contributed by atoms with Crippen LogP contribution >= 0.6 is 0 Å². The Bertz CT molecular complexity index is 702. The number of hydrogen-bond acceptors (Lipinski definition) is 2. The largest absolute Gasteiger partial charge is 0.327 e. The van der Waals surface area contributed by atoms with E-state index in [1.54, 1.807) is 0 Å². The van der Waals surface area contributed by atoms with Crippen molar-refractivity contribution in [1.82, 2.24) is 14.5 Å². The fourth-order valence-corrected chi connectivity index (χ4v) is 2.79. The van der Waals surface area contributed by atoms with E-state index in [-0.39, 0.29) is 0 Å². The van der Waals surface area contributed by atoms with E-state index in [0.29, 0.717) is 6.04 Å². The zero-order chi connectivity index (χ0) is 14.7. The van der Waals surface area contributed by atoms with Crippen LogP contribution in [0, 0.1) is 6.92 Å². The van der Waals surface area contributed by atoms with Gasteiger partial charge < -0.3 is 4.57 Å². The van der Waals surface area contributed by atoms with Crippen molar-refractivity contribution in [2.75, 3.05) is 0 Å². The molecule has 2 heterocycles. The molecule has 0 bridgehead atoms. The molecule has 3 nitrogen and oxygen atoms in total. The minimum atomic E-state index is 0.304. The van der Waals surface area contributed by atoms with E-state index >= 15 is 0 Å². The summed E-state index contributed by atoms with van der Waals surface area (Å²) in [6.45, 7) is 4.34. The number of pyridine rings is 1. The van der Waals surface area contributed by atoms with E-state index in [0.717, 1.165) is 12.1 Å². The van der Waals surface area contributed by atoms with Crippen molar-refractivity contribution in [2.45, 2.75) is 26.3 Å². The maximum Gasteiger partial charge on any atom is 0.0961 e. The Labute approximate surface area is 125 Å². The molecule has 0 fully saturated rings. The highest BCUT2D eigenvalue weighted by Crippen LogP contribution is 2.28. The molecule has 1 atom stereocenters. The summed E-state index contributed by atoms with van der Waals surface area (Å²) in [5, 5.41) is 0. The van der Waals surface area contributed by atoms with Gasteiger partial charge in [0, 0.05) is 23.7 Å². The van der Waals surface area contributed by atoms with Crippen molar-refractivity contribution < 1.29 is 0 Å². The maximum atomic E-state index is 4.63. The van der Waals surface area contributed by atoms with Crippen molar-refractivity contribution in [3.05, 3.63) is 72.4 Å². The summed E-state index contributed by atoms with van der Waals surface area (Å²) in [6.07, 6.45) is 6.67. The zero-order valence-electron chi connectivity index (χ0n) is 12.4. The molecule has 1 unspecified atom stereocenters. The molecule has 106 valence electrons. The lowest BCUT2D eigenvalue weighted by atomic mass is 10.0. The second-order valence-electron chi connectivity index (χ2n) is 5.16. The third-order valence-electron chi connectivity index (χ3n) is 3.90. The zero-order valence-corrected chi connectivity index (χ0v) is 12.4. The Balaban J connectivity index is 2.02. The summed E-state index contributed by atoms with van der Waals surface area (Å²) < 4.78 is 2.26. The standard InChI is InChI=1S/C18H19N3/c1-3-17(15-9-11-19-12-10-15)21-13-20-18(14(21)2)16-7-5-4-6-8-16/h4-13,17H,3H2,1-2H3. The Morgan fingerprint density at radius 2 is 1.76 bits per heavy atom. The Morgan fingerprint density at radius 3 is 2.43 bits per heavy atom. The lowest BCUT2D eigenvalue weighted by molar-refractivity contribution is 0.554. The fourth-order valence-electron chi connectivity index (χ4n) is 2.79. The Morgan fingerprint density at radius 1 is 1.05 bits per heavy atom. The topological polar surface area (TPSA) is 30.7 Å². The number of benzene rings is 1. The minimum absolute atomic E-state index is 0.304. The van der Waals surface area contributed by atoms with Gasteiger partial charge in [-0.15, -0.1) is 0 Å². The van der Waals surface area contributed by atoms with Crippen LogP contribution in [0.5, 0.6) is 0 Å². The summed E-state index contributed by atoms with van der Waals surface area (Å²) in [7, 11) is 0. The maximum absolute atomic E-state index is 4.63. The van der Waals surface area contributed by atoms with Gasteiger partial charge in [0.2, 0.25) is 0 Å². The molecule has 21 heavy (non-hydrogen) atoms. The van der Waals surface area contributed by atoms with Crippen molar-refractivity contribution in [3.63, 3.8) is 0 Å². The van der Waals surface area contributed by atoms with Crippen LogP contribution < -0.4 is 0 Å². The second-order valence-corrected chi connectivity index (χ2v) is 5.16. The third-order valence-corrected chi connectivity index (χ3v) is 3.90. The van der Waals surface area contributed by atoms with Crippen molar-refractivity contribution >= 4 is 0 Å². The monoisotopic (exact) mass is 277 g/mol. The molecule has 0 aliphatic rings. The molecule has 0 saturated carbocycles. The van der Waals surface area contributed by atoms with E-state index in [9.17, 15) is 0 Å². The van der Waals surface area contributed by atoms with Gasteiger partial charge in [0.15, 0.2) is 0 Å². The van der Waals surface area contributed by atoms with Gasteiger partial charge in [-0.05, 0) is 31.0 Å². The van der Waals surface area contributed by atoms with Gasteiger partial charge in [0.1, 0.15) is 0 Å². The molecule has 0 aliphatic carbocycles. The van der Waals surface area contributed by atoms with Crippen LogP contribution in [0.15, 0.2) is 61.2 Å². The first kappa shape index (κ1) is 13.6. The molecule has 1 aromatic carbocycles. The van der Waals surface area contributed by atoms with Crippen LogP contribution in [0.1, 0.15) is 30.6 Å². The predicted octanol–water partition coefficient (Wildman–Crippen LogP) is 4.25. The summed E-state index contributed by atoms with van der Waals surface area (Å²) in [6, 6.07) is 14.8. The fraction of sp³-hybridized carbons (Fsp3) is 0.222. The second kappa shape index (κ2) is 5.92. The SMILES string of the molecule is CCC(c1ccncc1)n1cnc(-c2ccccc2)c1C. The first-order valence-corrected chi connectivity index (χ1v) is 7.30. The number of nitrogens with zero attached hydrogens (tertiary/aromatic N) is 3. The highest BCUT2D eigenvalue weighted by molar-refractivity contribution is 5.61. The number of imidazole rings is 1. The van der Waals surface area contributed by atoms with Gasteiger partial charge in [0.05, 0.1) is 18.1 Å². The summed E-state index contributed by atoms with van der Waals surface area (Å²) in [5.74, 6) is 0. The minimum Gasteiger partial charge on any atom is -0.327 e. The van der Waals surface area contributed by atoms with Gasteiger partial charge >= 0.3 is 0 Å². The van der Waals surface area contributed by atoms with E-state index in [4.69, 9.17) is 0 Å². The van der Waals surface area contributed by atoms with Gasteiger partial charge in [-0.25, -0.2) is 4.98 Å². The van der Waals surface area contributed by atoms with E-state index in [1.807, 2.05) is 36.9 Å². The number of hydrogen-bond donors (Lipinski definition) is 0. The lowest BCUT2D eigenvalue weighted by Crippen LogP contribution is -2.10. The predicted molar refractivity (Wildman–Crippen MR) is 85.1 cm³/mol. The molecule has 0 aliphatic heterocycles. The van der Waals surface area contributed by atoms with Crippen molar-refractivity contribution in [2.24, 2.45) is 0 Å². The Hall–Kier alpha value is -2.42. The van der Waals surface area contributed by atoms with Crippen LogP contribution in [0.25, 0.3) is 11.3 Å². The lowest BCUT2D eigenvalue weighted by Gasteiger charge is -2.19. The third kappa shape index (κ3) is 2.59. The first-order valence-electron chi connectivity index (χ1n) is 7.30. The molecule has 0 radical (unpaired) electrons. The average molecular weight is 277 g/mol. The Kier molecular flexibility index (Phi) is 3.82. The van der Waals surface area contributed by atoms with E-state index in [1.165, 1.54) is 16.8 Å². The van der Waals surface area contributed by atoms with Crippen LogP contribution in [-0.2, 0) is 0 Å². The van der Waals surface area contributed by atoms with Crippen LogP contribution in [0.3, 0.4) is 0 Å².